The number of imidazole rings is 1. The van der Waals surface area contributed by atoms with Crippen molar-refractivity contribution in [1.29, 1.82) is 0 Å². The first-order valence-electron chi connectivity index (χ1n) is 6.06. The van der Waals surface area contributed by atoms with Crippen molar-refractivity contribution in [2.45, 2.75) is 32.2 Å². The quantitative estimate of drug-likeness (QED) is 0.627. The van der Waals surface area contributed by atoms with Gasteiger partial charge in [-0.3, -0.25) is 0 Å². The first-order chi connectivity index (χ1) is 9.06. The zero-order chi connectivity index (χ0) is 14.0. The van der Waals surface area contributed by atoms with Gasteiger partial charge in [-0.15, -0.1) is 0 Å². The second kappa shape index (κ2) is 5.14. The number of nitrogens with zero attached hydrogens (tertiary/aromatic N) is 3. The zero-order valence-corrected chi connectivity index (χ0v) is 11.6. The fourth-order valence-corrected chi connectivity index (χ4v) is 2.68. The lowest BCUT2D eigenvalue weighted by Crippen LogP contribution is -2.41. The zero-order valence-electron chi connectivity index (χ0n) is 10.8. The molecule has 0 aliphatic heterocycles. The Bertz CT molecular complexity index is 580. The molecule has 104 valence electrons. The highest BCUT2D eigenvalue weighted by Gasteiger charge is 2.31. The maximum absolute atomic E-state index is 11.2. The van der Waals surface area contributed by atoms with E-state index >= 15 is 0 Å². The molecule has 2 heterocycles. The molecule has 0 fully saturated rings. The molecular formula is C11H16N4O3S. The predicted octanol–water partition coefficient (Wildman–Crippen LogP) is 2.27. The number of hydrogen-bond acceptors (Lipinski definition) is 6. The standard InChI is InChI=1S/C11H16N4O3S/c1-3-11(4-2,7-16)13-8-9(15(17)18)14-5-6-19-10(14)12-8/h5-6,13,16H,3-4,7H2,1-2H3. The summed E-state index contributed by atoms with van der Waals surface area (Å²) in [5, 5.41) is 25.5. The summed E-state index contributed by atoms with van der Waals surface area (Å²) in [6, 6.07) is 0. The number of aliphatic hydroxyl groups excluding tert-OH is 1. The van der Waals surface area contributed by atoms with Gasteiger partial charge in [0.25, 0.3) is 4.96 Å². The Morgan fingerprint density at radius 2 is 2.26 bits per heavy atom. The Balaban J connectivity index is 2.47. The number of aliphatic hydroxyl groups is 1. The molecule has 0 saturated carbocycles. The smallest absolute Gasteiger partial charge is 0.372 e. The Morgan fingerprint density at radius 3 is 2.79 bits per heavy atom. The largest absolute Gasteiger partial charge is 0.394 e. The van der Waals surface area contributed by atoms with Gasteiger partial charge in [0.1, 0.15) is 6.20 Å². The molecule has 2 aromatic rings. The number of fused-ring (bicyclic) bond motifs is 1. The second-order valence-corrected chi connectivity index (χ2v) is 5.24. The normalized spacial score (nSPS) is 11.9. The maximum atomic E-state index is 11.2. The lowest BCUT2D eigenvalue weighted by Gasteiger charge is -2.30. The van der Waals surface area contributed by atoms with Crippen molar-refractivity contribution in [3.05, 3.63) is 21.7 Å². The van der Waals surface area contributed by atoms with Crippen LogP contribution < -0.4 is 5.32 Å². The molecule has 2 rings (SSSR count). The number of anilines is 1. The van der Waals surface area contributed by atoms with E-state index in [0.717, 1.165) is 0 Å². The van der Waals surface area contributed by atoms with Crippen molar-refractivity contribution in [1.82, 2.24) is 9.38 Å². The van der Waals surface area contributed by atoms with Gasteiger partial charge in [0.15, 0.2) is 0 Å². The maximum Gasteiger partial charge on any atom is 0.372 e. The Labute approximate surface area is 114 Å². The van der Waals surface area contributed by atoms with Gasteiger partial charge in [-0.2, -0.15) is 9.38 Å². The fraction of sp³-hybridized carbons (Fsp3) is 0.545. The Kier molecular flexibility index (Phi) is 3.72. The third kappa shape index (κ3) is 2.28. The molecule has 8 heteroatoms. The predicted molar refractivity (Wildman–Crippen MR) is 73.7 cm³/mol. The van der Waals surface area contributed by atoms with E-state index in [1.54, 1.807) is 11.6 Å². The molecule has 7 nitrogen and oxygen atoms in total. The van der Waals surface area contributed by atoms with Gasteiger partial charge in [-0.25, -0.2) is 0 Å². The van der Waals surface area contributed by atoms with Crippen LogP contribution in [0.2, 0.25) is 0 Å². The van der Waals surface area contributed by atoms with Gasteiger partial charge in [-0.1, -0.05) is 25.2 Å². The van der Waals surface area contributed by atoms with Crippen LogP contribution in [-0.4, -0.2) is 31.6 Å². The van der Waals surface area contributed by atoms with Crippen LogP contribution in [0, 0.1) is 10.1 Å². The van der Waals surface area contributed by atoms with Gasteiger partial charge < -0.3 is 20.5 Å². The van der Waals surface area contributed by atoms with Crippen LogP contribution in [0.25, 0.3) is 4.96 Å². The van der Waals surface area contributed by atoms with E-state index in [1.807, 2.05) is 13.8 Å². The summed E-state index contributed by atoms with van der Waals surface area (Å²) in [6.45, 7) is 3.76. The first kappa shape index (κ1) is 13.8. The summed E-state index contributed by atoms with van der Waals surface area (Å²) < 4.78 is 1.44. The minimum absolute atomic E-state index is 0.0871. The Hall–Kier alpha value is -1.67. The number of nitro groups is 1. The third-order valence-corrected chi connectivity index (χ3v) is 4.21. The lowest BCUT2D eigenvalue weighted by atomic mass is 9.94. The Morgan fingerprint density at radius 1 is 1.58 bits per heavy atom. The number of nitrogens with one attached hydrogen (secondary N) is 1. The molecule has 0 amide bonds. The molecule has 2 aromatic heterocycles. The highest BCUT2D eigenvalue weighted by Crippen LogP contribution is 2.31. The summed E-state index contributed by atoms with van der Waals surface area (Å²) in [7, 11) is 0. The van der Waals surface area contributed by atoms with Crippen LogP contribution in [0.15, 0.2) is 11.6 Å². The molecular weight excluding hydrogens is 268 g/mol. The first-order valence-corrected chi connectivity index (χ1v) is 6.94. The topological polar surface area (TPSA) is 92.7 Å². The van der Waals surface area contributed by atoms with E-state index in [9.17, 15) is 15.2 Å². The molecule has 0 radical (unpaired) electrons. The van der Waals surface area contributed by atoms with E-state index in [0.29, 0.717) is 17.8 Å². The molecule has 0 aliphatic rings. The van der Waals surface area contributed by atoms with Gasteiger partial charge in [0, 0.05) is 5.38 Å². The SMILES string of the molecule is CCC(CC)(CO)Nc1nc2sccn2c1[N+](=O)[O-]. The van der Waals surface area contributed by atoms with Crippen molar-refractivity contribution in [3.63, 3.8) is 0 Å². The van der Waals surface area contributed by atoms with Crippen LogP contribution in [0.5, 0.6) is 0 Å². The van der Waals surface area contributed by atoms with Crippen molar-refractivity contribution in [3.8, 4) is 0 Å². The molecule has 19 heavy (non-hydrogen) atoms. The monoisotopic (exact) mass is 284 g/mol. The van der Waals surface area contributed by atoms with E-state index in [2.05, 4.69) is 10.3 Å². The third-order valence-electron chi connectivity index (χ3n) is 3.45. The van der Waals surface area contributed by atoms with E-state index in [4.69, 9.17) is 0 Å². The summed E-state index contributed by atoms with van der Waals surface area (Å²) in [4.78, 5) is 15.5. The van der Waals surface area contributed by atoms with E-state index < -0.39 is 10.5 Å². The molecule has 0 saturated heterocycles. The molecule has 0 atom stereocenters. The average Bonchev–Trinajstić information content (AvgIpc) is 2.95. The van der Waals surface area contributed by atoms with Crippen LogP contribution in [0.4, 0.5) is 11.6 Å². The summed E-state index contributed by atoms with van der Waals surface area (Å²) in [6.07, 6.45) is 2.93. The van der Waals surface area contributed by atoms with Crippen LogP contribution >= 0.6 is 11.3 Å². The summed E-state index contributed by atoms with van der Waals surface area (Å²) in [5.74, 6) is 0.130. The minimum atomic E-state index is -0.575. The number of hydrogen-bond donors (Lipinski definition) is 2. The van der Waals surface area contributed by atoms with Crippen LogP contribution in [-0.2, 0) is 0 Å². The molecule has 0 aliphatic carbocycles. The van der Waals surface area contributed by atoms with Crippen molar-refractivity contribution in [2.75, 3.05) is 11.9 Å². The average molecular weight is 284 g/mol. The summed E-state index contributed by atoms with van der Waals surface area (Å²) >= 11 is 1.33. The fourth-order valence-electron chi connectivity index (χ4n) is 1.97. The highest BCUT2D eigenvalue weighted by atomic mass is 32.1. The number of thiazole rings is 1. The van der Waals surface area contributed by atoms with Gasteiger partial charge in [0.2, 0.25) is 5.82 Å². The van der Waals surface area contributed by atoms with Crippen LogP contribution in [0.1, 0.15) is 26.7 Å². The second-order valence-electron chi connectivity index (χ2n) is 4.37. The van der Waals surface area contributed by atoms with Gasteiger partial charge in [-0.05, 0) is 17.8 Å². The lowest BCUT2D eigenvalue weighted by molar-refractivity contribution is -0.389. The van der Waals surface area contributed by atoms with Crippen LogP contribution in [0.3, 0.4) is 0 Å². The number of rotatable bonds is 6. The number of aromatic nitrogens is 2. The molecule has 0 aromatic carbocycles. The molecule has 2 N–H and O–H groups in total. The van der Waals surface area contributed by atoms with E-state index in [1.165, 1.54) is 15.7 Å². The van der Waals surface area contributed by atoms with Crippen molar-refractivity contribution < 1.29 is 10.0 Å². The minimum Gasteiger partial charge on any atom is -0.394 e. The highest BCUT2D eigenvalue weighted by molar-refractivity contribution is 7.15. The van der Waals surface area contributed by atoms with Gasteiger partial charge in [0.05, 0.1) is 12.1 Å². The molecule has 0 spiro atoms. The molecule has 0 bridgehead atoms. The molecule has 0 unspecified atom stereocenters. The van der Waals surface area contributed by atoms with Crippen molar-refractivity contribution >= 4 is 27.9 Å². The van der Waals surface area contributed by atoms with Crippen molar-refractivity contribution in [2.24, 2.45) is 0 Å². The van der Waals surface area contributed by atoms with Gasteiger partial charge >= 0.3 is 5.82 Å². The van der Waals surface area contributed by atoms with E-state index in [-0.39, 0.29) is 18.2 Å². The summed E-state index contributed by atoms with van der Waals surface area (Å²) in [5.41, 5.74) is -0.575.